The molecular weight excluding hydrogens is 425 g/mol. The molecular formula is C25H54NO5P. The number of nitrogens with zero attached hydrogens (tertiary/aromatic N) is 1. The van der Waals surface area contributed by atoms with Crippen LogP contribution in [0.2, 0.25) is 0 Å². The molecule has 32 heavy (non-hydrogen) atoms. The van der Waals surface area contributed by atoms with Gasteiger partial charge >= 0.3 is 0 Å². The summed E-state index contributed by atoms with van der Waals surface area (Å²) in [6.07, 6.45) is 17.7. The van der Waals surface area contributed by atoms with Crippen LogP contribution in [0.15, 0.2) is 0 Å². The van der Waals surface area contributed by atoms with E-state index in [2.05, 4.69) is 13.8 Å². The number of aliphatic hydroxyl groups excluding tert-OH is 1. The summed E-state index contributed by atoms with van der Waals surface area (Å²) < 4.78 is 22.4. The third-order valence-corrected chi connectivity index (χ3v) is 6.85. The van der Waals surface area contributed by atoms with Crippen LogP contribution in [0.5, 0.6) is 0 Å². The van der Waals surface area contributed by atoms with Crippen LogP contribution in [0, 0.1) is 11.8 Å². The van der Waals surface area contributed by atoms with Crippen LogP contribution >= 0.6 is 7.82 Å². The lowest BCUT2D eigenvalue weighted by molar-refractivity contribution is -0.870. The van der Waals surface area contributed by atoms with E-state index in [1.165, 1.54) is 70.6 Å². The van der Waals surface area contributed by atoms with Crippen LogP contribution in [-0.2, 0) is 13.6 Å². The Kier molecular flexibility index (Phi) is 19.4. The number of quaternary nitrogens is 1. The van der Waals surface area contributed by atoms with Gasteiger partial charge in [0.15, 0.2) is 0 Å². The van der Waals surface area contributed by atoms with E-state index in [0.29, 0.717) is 11.0 Å². The summed E-state index contributed by atoms with van der Waals surface area (Å²) in [7, 11) is 1.62. The first-order chi connectivity index (χ1) is 15.1. The van der Waals surface area contributed by atoms with Crippen molar-refractivity contribution in [3.05, 3.63) is 0 Å². The highest BCUT2D eigenvalue weighted by Crippen LogP contribution is 2.38. The molecule has 194 valence electrons. The molecule has 0 saturated heterocycles. The smallest absolute Gasteiger partial charge is 0.268 e. The van der Waals surface area contributed by atoms with Gasteiger partial charge in [0.1, 0.15) is 13.2 Å². The molecule has 0 fully saturated rings. The van der Waals surface area contributed by atoms with Gasteiger partial charge < -0.3 is 23.5 Å². The molecule has 1 N–H and O–H groups in total. The minimum absolute atomic E-state index is 0.000870. The van der Waals surface area contributed by atoms with Crippen LogP contribution in [0.3, 0.4) is 0 Å². The lowest BCUT2D eigenvalue weighted by Crippen LogP contribution is -2.37. The van der Waals surface area contributed by atoms with Gasteiger partial charge in [0.2, 0.25) is 0 Å². The van der Waals surface area contributed by atoms with Gasteiger partial charge in [-0.05, 0) is 12.3 Å². The van der Waals surface area contributed by atoms with Gasteiger partial charge in [0.25, 0.3) is 7.82 Å². The van der Waals surface area contributed by atoms with E-state index in [1.54, 1.807) is 0 Å². The van der Waals surface area contributed by atoms with Crippen molar-refractivity contribution in [2.24, 2.45) is 11.8 Å². The number of unbranched alkanes of at least 4 members (excludes halogenated alkanes) is 11. The predicted molar refractivity (Wildman–Crippen MR) is 132 cm³/mol. The quantitative estimate of drug-likeness (QED) is 0.112. The summed E-state index contributed by atoms with van der Waals surface area (Å²) in [4.78, 5) is 11.8. The Balaban J connectivity index is 3.58. The topological polar surface area (TPSA) is 78.8 Å². The van der Waals surface area contributed by atoms with Crippen LogP contribution in [0.1, 0.15) is 104 Å². The minimum atomic E-state index is -4.29. The molecule has 0 aliphatic heterocycles. The maximum absolute atomic E-state index is 11.8. The second-order valence-corrected chi connectivity index (χ2v) is 12.3. The van der Waals surface area contributed by atoms with E-state index in [1.807, 2.05) is 21.1 Å². The summed E-state index contributed by atoms with van der Waals surface area (Å²) >= 11 is 0. The zero-order valence-corrected chi connectivity index (χ0v) is 22.8. The normalized spacial score (nSPS) is 15.2. The van der Waals surface area contributed by atoms with Crippen molar-refractivity contribution in [3.63, 3.8) is 0 Å². The third kappa shape index (κ3) is 23.2. The molecule has 0 saturated carbocycles. The standard InChI is InChI=1S/C25H54NO5P/c1-24(2)18-16-14-12-10-8-6-7-9-11-13-15-17-19-25(22-27)23-31-32(28,29)30-21-20-26(3,4)5/h24-25,27H,6-23H2,1-5H3. The van der Waals surface area contributed by atoms with Crippen molar-refractivity contribution >= 4 is 7.82 Å². The van der Waals surface area contributed by atoms with Crippen molar-refractivity contribution in [2.45, 2.75) is 104 Å². The number of hydrogen-bond acceptors (Lipinski definition) is 5. The molecule has 0 aromatic heterocycles. The van der Waals surface area contributed by atoms with E-state index in [9.17, 15) is 14.6 Å². The number of aliphatic hydroxyl groups is 1. The van der Waals surface area contributed by atoms with Crippen molar-refractivity contribution < 1.29 is 28.1 Å². The zero-order chi connectivity index (χ0) is 24.3. The fraction of sp³-hybridized carbons (Fsp3) is 1.00. The number of rotatable bonds is 23. The first-order valence-corrected chi connectivity index (χ1v) is 14.5. The molecule has 0 aromatic rings. The number of likely N-dealkylation sites (N-methyl/N-ethyl adjacent to an activating group) is 1. The second kappa shape index (κ2) is 19.3. The molecule has 0 amide bonds. The summed E-state index contributed by atoms with van der Waals surface area (Å²) in [6, 6.07) is 0. The molecule has 7 heteroatoms. The highest BCUT2D eigenvalue weighted by molar-refractivity contribution is 7.45. The Morgan fingerprint density at radius 2 is 1.22 bits per heavy atom. The Morgan fingerprint density at radius 1 is 0.781 bits per heavy atom. The second-order valence-electron chi connectivity index (χ2n) is 10.9. The lowest BCUT2D eigenvalue weighted by Gasteiger charge is -2.28. The van der Waals surface area contributed by atoms with Crippen molar-refractivity contribution in [2.75, 3.05) is 47.5 Å². The van der Waals surface area contributed by atoms with Gasteiger partial charge in [-0.25, -0.2) is 0 Å². The highest BCUT2D eigenvalue weighted by Gasteiger charge is 2.16. The molecule has 0 spiro atoms. The molecule has 0 aliphatic carbocycles. The monoisotopic (exact) mass is 479 g/mol. The van der Waals surface area contributed by atoms with E-state index < -0.39 is 7.82 Å². The largest absolute Gasteiger partial charge is 0.756 e. The van der Waals surface area contributed by atoms with Gasteiger partial charge in [0, 0.05) is 12.5 Å². The molecule has 0 radical (unpaired) electrons. The lowest BCUT2D eigenvalue weighted by atomic mass is 10.0. The van der Waals surface area contributed by atoms with Crippen LogP contribution in [-0.4, -0.2) is 57.1 Å². The highest BCUT2D eigenvalue weighted by atomic mass is 31.2. The van der Waals surface area contributed by atoms with E-state index >= 15 is 0 Å². The van der Waals surface area contributed by atoms with Crippen molar-refractivity contribution in [3.8, 4) is 0 Å². The van der Waals surface area contributed by atoms with Crippen LogP contribution in [0.4, 0.5) is 0 Å². The maximum atomic E-state index is 11.8. The van der Waals surface area contributed by atoms with Gasteiger partial charge in [0.05, 0.1) is 27.7 Å². The maximum Gasteiger partial charge on any atom is 0.268 e. The fourth-order valence-electron chi connectivity index (χ4n) is 3.64. The first kappa shape index (κ1) is 32.0. The third-order valence-electron chi connectivity index (χ3n) is 5.88. The fourth-order valence-corrected chi connectivity index (χ4v) is 4.41. The zero-order valence-electron chi connectivity index (χ0n) is 21.9. The summed E-state index contributed by atoms with van der Waals surface area (Å²) in [5, 5.41) is 9.51. The number of phosphoric acid groups is 1. The Hall–Kier alpha value is 0.0300. The molecule has 0 rings (SSSR count). The van der Waals surface area contributed by atoms with Crippen LogP contribution < -0.4 is 4.89 Å². The van der Waals surface area contributed by atoms with Crippen molar-refractivity contribution in [1.29, 1.82) is 0 Å². The average Bonchev–Trinajstić information content (AvgIpc) is 2.69. The van der Waals surface area contributed by atoms with E-state index in [0.717, 1.165) is 25.2 Å². The molecule has 6 nitrogen and oxygen atoms in total. The summed E-state index contributed by atoms with van der Waals surface area (Å²) in [6.45, 7) is 5.23. The van der Waals surface area contributed by atoms with Gasteiger partial charge in [-0.1, -0.05) is 97.3 Å². The molecule has 2 unspecified atom stereocenters. The van der Waals surface area contributed by atoms with E-state index in [-0.39, 0.29) is 25.7 Å². The van der Waals surface area contributed by atoms with Gasteiger partial charge in [-0.15, -0.1) is 0 Å². The van der Waals surface area contributed by atoms with Gasteiger partial charge in [-0.3, -0.25) is 4.57 Å². The Morgan fingerprint density at radius 3 is 1.62 bits per heavy atom. The van der Waals surface area contributed by atoms with Crippen molar-refractivity contribution in [1.82, 2.24) is 0 Å². The minimum Gasteiger partial charge on any atom is -0.756 e. The Bertz CT molecular complexity index is 468. The van der Waals surface area contributed by atoms with Gasteiger partial charge in [-0.2, -0.15) is 0 Å². The predicted octanol–water partition coefficient (Wildman–Crippen LogP) is 5.92. The van der Waals surface area contributed by atoms with Crippen LogP contribution in [0.25, 0.3) is 0 Å². The molecule has 0 aliphatic rings. The number of phosphoric ester groups is 1. The summed E-state index contributed by atoms with van der Waals surface area (Å²) in [5.74, 6) is 0.691. The SMILES string of the molecule is CC(C)CCCCCCCCCCCCCCC(CO)COP(=O)([O-])OCC[N+](C)(C)C. The Labute approximate surface area is 199 Å². The average molecular weight is 480 g/mol. The molecule has 0 aromatic carbocycles. The first-order valence-electron chi connectivity index (χ1n) is 13.1. The molecule has 0 bridgehead atoms. The summed E-state index contributed by atoms with van der Waals surface area (Å²) in [5.41, 5.74) is 0. The van der Waals surface area contributed by atoms with E-state index in [4.69, 9.17) is 9.05 Å². The molecule has 2 atom stereocenters. The molecule has 0 heterocycles. The number of hydrogen-bond donors (Lipinski definition) is 1.